The Bertz CT molecular complexity index is 341. The van der Waals surface area contributed by atoms with Crippen LogP contribution in [0.3, 0.4) is 0 Å². The van der Waals surface area contributed by atoms with E-state index in [1.54, 1.807) is 7.05 Å². The summed E-state index contributed by atoms with van der Waals surface area (Å²) in [6, 6.07) is 10.2. The molecule has 0 bridgehead atoms. The molecule has 86 valence electrons. The van der Waals surface area contributed by atoms with Crippen molar-refractivity contribution in [3.05, 3.63) is 35.9 Å². The second-order valence-corrected chi connectivity index (χ2v) is 4.55. The van der Waals surface area contributed by atoms with Crippen LogP contribution in [0, 0.1) is 5.92 Å². The molecule has 1 fully saturated rings. The van der Waals surface area contributed by atoms with E-state index in [-0.39, 0.29) is 11.8 Å². The lowest BCUT2D eigenvalue weighted by molar-refractivity contribution is -0.123. The third-order valence-corrected chi connectivity index (χ3v) is 3.56. The minimum absolute atomic E-state index is 0.0497. The van der Waals surface area contributed by atoms with Gasteiger partial charge < -0.3 is 5.32 Å². The monoisotopic (exact) mass is 217 g/mol. The Morgan fingerprint density at radius 3 is 2.44 bits per heavy atom. The van der Waals surface area contributed by atoms with Crippen LogP contribution in [0.25, 0.3) is 0 Å². The molecule has 0 aliphatic heterocycles. The maximum atomic E-state index is 12.0. The predicted octanol–water partition coefficient (Wildman–Crippen LogP) is 2.71. The molecular formula is C14H19NO. The molecule has 1 aliphatic carbocycles. The number of hydrogen-bond acceptors (Lipinski definition) is 1. The molecule has 0 aromatic heterocycles. The number of benzene rings is 1. The largest absolute Gasteiger partial charge is 0.359 e. The summed E-state index contributed by atoms with van der Waals surface area (Å²) < 4.78 is 0. The zero-order valence-corrected chi connectivity index (χ0v) is 9.78. The maximum absolute atomic E-state index is 12.0. The maximum Gasteiger partial charge on any atom is 0.227 e. The molecular weight excluding hydrogens is 198 g/mol. The number of carbonyl (C=O) groups is 1. The van der Waals surface area contributed by atoms with Crippen molar-refractivity contribution in [2.75, 3.05) is 7.05 Å². The molecule has 2 nitrogen and oxygen atoms in total. The van der Waals surface area contributed by atoms with Gasteiger partial charge in [0.1, 0.15) is 0 Å². The summed E-state index contributed by atoms with van der Waals surface area (Å²) in [6.45, 7) is 0. The molecule has 2 heteroatoms. The third-order valence-electron chi connectivity index (χ3n) is 3.56. The van der Waals surface area contributed by atoms with E-state index in [1.165, 1.54) is 25.7 Å². The molecule has 0 radical (unpaired) electrons. The summed E-state index contributed by atoms with van der Waals surface area (Å²) in [5.74, 6) is 0.745. The Kier molecular flexibility index (Phi) is 3.60. The van der Waals surface area contributed by atoms with Gasteiger partial charge in [-0.2, -0.15) is 0 Å². The van der Waals surface area contributed by atoms with Crippen LogP contribution >= 0.6 is 0 Å². The molecule has 2 rings (SSSR count). The summed E-state index contributed by atoms with van der Waals surface area (Å²) in [5, 5.41) is 2.80. The molecule has 0 spiro atoms. The van der Waals surface area contributed by atoms with Gasteiger partial charge in [-0.15, -0.1) is 0 Å². The van der Waals surface area contributed by atoms with Crippen LogP contribution in [-0.4, -0.2) is 13.0 Å². The number of nitrogens with one attached hydrogen (secondary N) is 1. The molecule has 1 N–H and O–H groups in total. The van der Waals surface area contributed by atoms with E-state index in [9.17, 15) is 4.79 Å². The lowest BCUT2D eigenvalue weighted by atomic mass is 9.84. The molecule has 16 heavy (non-hydrogen) atoms. The first-order chi connectivity index (χ1) is 7.83. The van der Waals surface area contributed by atoms with Gasteiger partial charge in [-0.25, -0.2) is 0 Å². The van der Waals surface area contributed by atoms with Gasteiger partial charge in [0.25, 0.3) is 0 Å². The fourth-order valence-corrected chi connectivity index (χ4v) is 2.74. The molecule has 0 heterocycles. The van der Waals surface area contributed by atoms with E-state index in [4.69, 9.17) is 0 Å². The van der Waals surface area contributed by atoms with Gasteiger partial charge in [-0.1, -0.05) is 43.2 Å². The van der Waals surface area contributed by atoms with Crippen LogP contribution in [0.5, 0.6) is 0 Å². The van der Waals surface area contributed by atoms with E-state index in [2.05, 4.69) is 17.4 Å². The van der Waals surface area contributed by atoms with E-state index in [0.29, 0.717) is 5.92 Å². The minimum atomic E-state index is 0.0497. The van der Waals surface area contributed by atoms with Crippen LogP contribution in [0.4, 0.5) is 0 Å². The Labute approximate surface area is 97.1 Å². The average molecular weight is 217 g/mol. The highest BCUT2D eigenvalue weighted by atomic mass is 16.1. The number of hydrogen-bond donors (Lipinski definition) is 1. The lowest BCUT2D eigenvalue weighted by Gasteiger charge is -2.22. The highest BCUT2D eigenvalue weighted by molar-refractivity contribution is 5.83. The van der Waals surface area contributed by atoms with Crippen molar-refractivity contribution in [1.82, 2.24) is 5.32 Å². The zero-order chi connectivity index (χ0) is 11.4. The van der Waals surface area contributed by atoms with Gasteiger partial charge >= 0.3 is 0 Å². The third kappa shape index (κ3) is 2.26. The van der Waals surface area contributed by atoms with Crippen molar-refractivity contribution >= 4 is 5.91 Å². The first-order valence-corrected chi connectivity index (χ1v) is 6.09. The first-order valence-electron chi connectivity index (χ1n) is 6.09. The fraction of sp³-hybridized carbons (Fsp3) is 0.500. The summed E-state index contributed by atoms with van der Waals surface area (Å²) in [5.41, 5.74) is 1.16. The minimum Gasteiger partial charge on any atom is -0.359 e. The van der Waals surface area contributed by atoms with E-state index in [0.717, 1.165) is 5.56 Å². The zero-order valence-electron chi connectivity index (χ0n) is 9.78. The smallest absolute Gasteiger partial charge is 0.227 e. The number of rotatable bonds is 3. The lowest BCUT2D eigenvalue weighted by Crippen LogP contribution is -2.30. The number of carbonyl (C=O) groups excluding carboxylic acids is 1. The van der Waals surface area contributed by atoms with Crippen molar-refractivity contribution in [2.24, 2.45) is 5.92 Å². The van der Waals surface area contributed by atoms with Crippen molar-refractivity contribution in [3.8, 4) is 0 Å². The Morgan fingerprint density at radius 2 is 1.88 bits per heavy atom. The Morgan fingerprint density at radius 1 is 1.25 bits per heavy atom. The summed E-state index contributed by atoms with van der Waals surface area (Å²) >= 11 is 0. The topological polar surface area (TPSA) is 29.1 Å². The molecule has 1 atom stereocenters. The SMILES string of the molecule is CNC(=O)C(c1ccccc1)C1CCCC1. The van der Waals surface area contributed by atoms with E-state index in [1.807, 2.05) is 18.2 Å². The highest BCUT2D eigenvalue weighted by Gasteiger charge is 2.31. The quantitative estimate of drug-likeness (QED) is 0.828. The van der Waals surface area contributed by atoms with Gasteiger partial charge in [0.05, 0.1) is 5.92 Å². The number of likely N-dealkylation sites (N-methyl/N-ethyl adjacent to an activating group) is 1. The average Bonchev–Trinajstić information content (AvgIpc) is 2.84. The van der Waals surface area contributed by atoms with Crippen LogP contribution in [0.2, 0.25) is 0 Å². The fourth-order valence-electron chi connectivity index (χ4n) is 2.74. The Balaban J connectivity index is 2.24. The van der Waals surface area contributed by atoms with Gasteiger partial charge in [0.2, 0.25) is 5.91 Å². The second-order valence-electron chi connectivity index (χ2n) is 4.55. The van der Waals surface area contributed by atoms with Crippen LogP contribution in [0.15, 0.2) is 30.3 Å². The molecule has 1 aromatic carbocycles. The van der Waals surface area contributed by atoms with Crippen molar-refractivity contribution in [3.63, 3.8) is 0 Å². The molecule has 1 saturated carbocycles. The standard InChI is InChI=1S/C14H19NO/c1-15-14(16)13(12-9-5-6-10-12)11-7-3-2-4-8-11/h2-4,7-8,12-13H,5-6,9-10H2,1H3,(H,15,16). The molecule has 1 aliphatic rings. The van der Waals surface area contributed by atoms with Gasteiger partial charge in [-0.3, -0.25) is 4.79 Å². The van der Waals surface area contributed by atoms with Crippen molar-refractivity contribution in [2.45, 2.75) is 31.6 Å². The van der Waals surface area contributed by atoms with Gasteiger partial charge in [0.15, 0.2) is 0 Å². The molecule has 0 saturated heterocycles. The molecule has 1 amide bonds. The summed E-state index contributed by atoms with van der Waals surface area (Å²) in [4.78, 5) is 12.0. The van der Waals surface area contributed by atoms with Gasteiger partial charge in [-0.05, 0) is 24.3 Å². The van der Waals surface area contributed by atoms with Crippen molar-refractivity contribution in [1.29, 1.82) is 0 Å². The number of amides is 1. The molecule has 1 aromatic rings. The van der Waals surface area contributed by atoms with Crippen LogP contribution in [0.1, 0.15) is 37.2 Å². The predicted molar refractivity (Wildman–Crippen MR) is 65.2 cm³/mol. The van der Waals surface area contributed by atoms with E-state index < -0.39 is 0 Å². The molecule has 1 unspecified atom stereocenters. The normalized spacial score (nSPS) is 18.3. The van der Waals surface area contributed by atoms with Crippen LogP contribution < -0.4 is 5.32 Å². The van der Waals surface area contributed by atoms with Crippen LogP contribution in [-0.2, 0) is 4.79 Å². The summed E-state index contributed by atoms with van der Waals surface area (Å²) in [7, 11) is 1.73. The summed E-state index contributed by atoms with van der Waals surface area (Å²) in [6.07, 6.45) is 4.91. The van der Waals surface area contributed by atoms with E-state index >= 15 is 0 Å². The second kappa shape index (κ2) is 5.15. The highest BCUT2D eigenvalue weighted by Crippen LogP contribution is 2.37. The van der Waals surface area contributed by atoms with Gasteiger partial charge in [0, 0.05) is 7.05 Å². The van der Waals surface area contributed by atoms with Crippen molar-refractivity contribution < 1.29 is 4.79 Å². The first kappa shape index (κ1) is 11.2. The Hall–Kier alpha value is -1.31.